The average molecular weight is 228 g/mol. The fourth-order valence-electron chi connectivity index (χ4n) is 1.83. The van der Waals surface area contributed by atoms with E-state index in [1.807, 2.05) is 0 Å². The third-order valence-electron chi connectivity index (χ3n) is 2.55. The smallest absolute Gasteiger partial charge is 0.332 e. The van der Waals surface area contributed by atoms with Crippen LogP contribution in [0.4, 0.5) is 8.78 Å². The van der Waals surface area contributed by atoms with Crippen molar-refractivity contribution < 1.29 is 23.4 Å². The van der Waals surface area contributed by atoms with Gasteiger partial charge in [0.1, 0.15) is 11.6 Å². The highest BCUT2D eigenvalue weighted by atomic mass is 19.1. The Kier molecular flexibility index (Phi) is 2.87. The summed E-state index contributed by atoms with van der Waals surface area (Å²) in [6, 6.07) is 3.10. The molecule has 1 aliphatic rings. The molecule has 0 radical (unpaired) electrons. The second kappa shape index (κ2) is 4.17. The lowest BCUT2D eigenvalue weighted by molar-refractivity contribution is -0.149. The van der Waals surface area contributed by atoms with Crippen LogP contribution in [0.3, 0.4) is 0 Å². The molecule has 0 unspecified atom stereocenters. The Labute approximate surface area is 90.7 Å². The van der Waals surface area contributed by atoms with Crippen molar-refractivity contribution in [2.45, 2.75) is 25.0 Å². The Morgan fingerprint density at radius 1 is 1.25 bits per heavy atom. The molecule has 1 heterocycles. The summed E-state index contributed by atoms with van der Waals surface area (Å²) in [6.07, 6.45) is -0.597. The van der Waals surface area contributed by atoms with Gasteiger partial charge >= 0.3 is 5.97 Å². The number of ether oxygens (including phenoxy) is 1. The van der Waals surface area contributed by atoms with Gasteiger partial charge in [-0.25, -0.2) is 13.6 Å². The van der Waals surface area contributed by atoms with E-state index in [0.717, 1.165) is 18.2 Å². The van der Waals surface area contributed by atoms with Crippen molar-refractivity contribution in [2.75, 3.05) is 0 Å². The highest BCUT2D eigenvalue weighted by Crippen LogP contribution is 2.33. The number of halogens is 2. The molecule has 1 fully saturated rings. The van der Waals surface area contributed by atoms with E-state index in [1.165, 1.54) is 0 Å². The number of benzene rings is 1. The van der Waals surface area contributed by atoms with Crippen molar-refractivity contribution >= 4 is 5.97 Å². The third kappa shape index (κ3) is 2.19. The Morgan fingerprint density at radius 2 is 1.88 bits per heavy atom. The Morgan fingerprint density at radius 3 is 2.38 bits per heavy atom. The molecule has 0 aromatic heterocycles. The van der Waals surface area contributed by atoms with E-state index in [-0.39, 0.29) is 0 Å². The van der Waals surface area contributed by atoms with E-state index in [9.17, 15) is 13.6 Å². The van der Waals surface area contributed by atoms with E-state index in [4.69, 9.17) is 9.84 Å². The summed E-state index contributed by atoms with van der Waals surface area (Å²) < 4.78 is 31.0. The molecule has 0 spiro atoms. The number of carboxylic acids is 1. The van der Waals surface area contributed by atoms with Gasteiger partial charge in [0.05, 0.1) is 6.10 Å². The molecule has 3 nitrogen and oxygen atoms in total. The van der Waals surface area contributed by atoms with Gasteiger partial charge in [0, 0.05) is 6.07 Å². The van der Waals surface area contributed by atoms with Crippen LogP contribution >= 0.6 is 0 Å². The molecular formula is C11H10F2O3. The molecule has 1 aliphatic heterocycles. The van der Waals surface area contributed by atoms with Gasteiger partial charge in [-0.2, -0.15) is 0 Å². The zero-order valence-corrected chi connectivity index (χ0v) is 8.32. The zero-order chi connectivity index (χ0) is 11.7. The van der Waals surface area contributed by atoms with E-state index in [0.29, 0.717) is 18.4 Å². The second-order valence-corrected chi connectivity index (χ2v) is 3.73. The van der Waals surface area contributed by atoms with Crippen molar-refractivity contribution in [3.63, 3.8) is 0 Å². The van der Waals surface area contributed by atoms with Gasteiger partial charge < -0.3 is 9.84 Å². The highest BCUT2D eigenvalue weighted by Gasteiger charge is 2.31. The maximum Gasteiger partial charge on any atom is 0.332 e. The monoisotopic (exact) mass is 228 g/mol. The quantitative estimate of drug-likeness (QED) is 0.844. The molecule has 2 rings (SSSR count). The fourth-order valence-corrected chi connectivity index (χ4v) is 1.83. The predicted molar refractivity (Wildman–Crippen MR) is 50.8 cm³/mol. The molecule has 86 valence electrons. The number of rotatable bonds is 2. The maximum atomic E-state index is 12.9. The van der Waals surface area contributed by atoms with Crippen LogP contribution in [0.2, 0.25) is 0 Å². The van der Waals surface area contributed by atoms with Crippen LogP contribution in [0.15, 0.2) is 18.2 Å². The topological polar surface area (TPSA) is 46.5 Å². The van der Waals surface area contributed by atoms with Crippen LogP contribution < -0.4 is 0 Å². The van der Waals surface area contributed by atoms with Crippen molar-refractivity contribution in [1.29, 1.82) is 0 Å². The van der Waals surface area contributed by atoms with Crippen LogP contribution in [-0.4, -0.2) is 17.2 Å². The zero-order valence-electron chi connectivity index (χ0n) is 8.32. The highest BCUT2D eigenvalue weighted by molar-refractivity contribution is 5.72. The van der Waals surface area contributed by atoms with Gasteiger partial charge in [0.25, 0.3) is 0 Å². The van der Waals surface area contributed by atoms with Gasteiger partial charge in [0.2, 0.25) is 0 Å². The van der Waals surface area contributed by atoms with Crippen LogP contribution in [0.1, 0.15) is 24.5 Å². The molecule has 1 saturated heterocycles. The van der Waals surface area contributed by atoms with Gasteiger partial charge in [-0.3, -0.25) is 0 Å². The number of aliphatic carboxylic acids is 1. The molecule has 0 saturated carbocycles. The van der Waals surface area contributed by atoms with Crippen molar-refractivity contribution in [2.24, 2.45) is 0 Å². The van der Waals surface area contributed by atoms with Crippen molar-refractivity contribution in [3.05, 3.63) is 35.4 Å². The Hall–Kier alpha value is -1.49. The minimum Gasteiger partial charge on any atom is -0.479 e. The summed E-state index contributed by atoms with van der Waals surface area (Å²) >= 11 is 0. The number of carbonyl (C=O) groups is 1. The summed E-state index contributed by atoms with van der Waals surface area (Å²) in [5.41, 5.74) is 0.348. The minimum atomic E-state index is -1.04. The summed E-state index contributed by atoms with van der Waals surface area (Å²) in [4.78, 5) is 10.6. The van der Waals surface area contributed by atoms with E-state index >= 15 is 0 Å². The van der Waals surface area contributed by atoms with E-state index < -0.39 is 29.8 Å². The first-order valence-electron chi connectivity index (χ1n) is 4.90. The van der Waals surface area contributed by atoms with Gasteiger partial charge in [-0.15, -0.1) is 0 Å². The molecule has 0 amide bonds. The standard InChI is InChI=1S/C11H10F2O3/c12-7-3-6(4-8(13)5-7)9-1-2-10(16-9)11(14)15/h3-5,9-10H,1-2H2,(H,14,15)/t9-,10-/m0/s1. The molecule has 5 heteroatoms. The lowest BCUT2D eigenvalue weighted by atomic mass is 10.1. The Balaban J connectivity index is 2.17. The van der Waals surface area contributed by atoms with Gasteiger partial charge in [0.15, 0.2) is 6.10 Å². The first kappa shape index (κ1) is 11.0. The minimum absolute atomic E-state index is 0.348. The van der Waals surface area contributed by atoms with E-state index in [1.54, 1.807) is 0 Å². The molecule has 2 atom stereocenters. The number of hydrogen-bond acceptors (Lipinski definition) is 2. The molecule has 1 N–H and O–H groups in total. The molecule has 1 aromatic carbocycles. The largest absolute Gasteiger partial charge is 0.479 e. The fraction of sp³-hybridized carbons (Fsp3) is 0.364. The number of hydrogen-bond donors (Lipinski definition) is 1. The summed E-state index contributed by atoms with van der Waals surface area (Å²) in [7, 11) is 0. The maximum absolute atomic E-state index is 12.9. The van der Waals surface area contributed by atoms with Crippen molar-refractivity contribution in [1.82, 2.24) is 0 Å². The molecule has 1 aromatic rings. The second-order valence-electron chi connectivity index (χ2n) is 3.73. The van der Waals surface area contributed by atoms with Gasteiger partial charge in [-0.1, -0.05) is 0 Å². The first-order chi connectivity index (χ1) is 7.56. The third-order valence-corrected chi connectivity index (χ3v) is 2.55. The summed E-state index contributed by atoms with van der Waals surface area (Å²) in [5, 5.41) is 8.71. The first-order valence-corrected chi connectivity index (χ1v) is 4.90. The lowest BCUT2D eigenvalue weighted by Gasteiger charge is -2.11. The predicted octanol–water partition coefficient (Wildman–Crippen LogP) is 2.27. The molecule has 0 aliphatic carbocycles. The summed E-state index contributed by atoms with van der Waals surface area (Å²) in [6.45, 7) is 0. The molecular weight excluding hydrogens is 218 g/mol. The molecule has 16 heavy (non-hydrogen) atoms. The van der Waals surface area contributed by atoms with Crippen molar-refractivity contribution in [3.8, 4) is 0 Å². The van der Waals surface area contributed by atoms with Crippen LogP contribution in [0.5, 0.6) is 0 Å². The summed E-state index contributed by atoms with van der Waals surface area (Å²) in [5.74, 6) is -2.41. The average Bonchev–Trinajstić information content (AvgIpc) is 2.64. The SMILES string of the molecule is O=C(O)[C@@H]1CC[C@@H](c2cc(F)cc(F)c2)O1. The normalized spacial score (nSPS) is 24.6. The number of carboxylic acid groups (broad SMARTS) is 1. The lowest BCUT2D eigenvalue weighted by Crippen LogP contribution is -2.18. The van der Waals surface area contributed by atoms with Crippen LogP contribution in [0, 0.1) is 11.6 Å². The van der Waals surface area contributed by atoms with E-state index in [2.05, 4.69) is 0 Å². The molecule has 0 bridgehead atoms. The van der Waals surface area contributed by atoms with Crippen LogP contribution in [-0.2, 0) is 9.53 Å². The van der Waals surface area contributed by atoms with Gasteiger partial charge in [-0.05, 0) is 30.5 Å². The van der Waals surface area contributed by atoms with Crippen LogP contribution in [0.25, 0.3) is 0 Å². The Bertz CT molecular complexity index is 399.